The molecule has 0 amide bonds. The molecule has 0 fully saturated rings. The van der Waals surface area contributed by atoms with Gasteiger partial charge in [0.25, 0.3) is 0 Å². The normalized spacial score (nSPS) is 14.4. The van der Waals surface area contributed by atoms with Crippen LogP contribution in [0.2, 0.25) is 0 Å². The molecule has 0 aliphatic rings. The highest BCUT2D eigenvalue weighted by Gasteiger charge is 2.15. The highest BCUT2D eigenvalue weighted by atomic mass is 14.2. The molecule has 0 nitrogen and oxygen atoms in total. The van der Waals surface area contributed by atoms with E-state index in [-0.39, 0.29) is 0 Å². The van der Waals surface area contributed by atoms with Gasteiger partial charge in [-0.05, 0) is 18.3 Å². The van der Waals surface area contributed by atoms with Crippen molar-refractivity contribution in [3.05, 3.63) is 0 Å². The first-order valence-corrected chi connectivity index (χ1v) is 9.78. The van der Waals surface area contributed by atoms with Crippen molar-refractivity contribution in [2.75, 3.05) is 0 Å². The summed E-state index contributed by atoms with van der Waals surface area (Å²) in [5.41, 5.74) is 0. The Balaban J connectivity index is 4.13. The standard InChI is InChI=1S/C20H42/c1-5-9-12-16-19(14-8-4)18-20(15-11-7-3)17-13-10-6-2/h19-20H,5-18H2,1-4H3. The van der Waals surface area contributed by atoms with Crippen LogP contribution in [0.25, 0.3) is 0 Å². The molecule has 0 heteroatoms. The van der Waals surface area contributed by atoms with Crippen molar-refractivity contribution in [1.82, 2.24) is 0 Å². The van der Waals surface area contributed by atoms with Crippen molar-refractivity contribution in [1.29, 1.82) is 0 Å². The third-order valence-corrected chi connectivity index (χ3v) is 4.76. The van der Waals surface area contributed by atoms with E-state index in [0.29, 0.717) is 0 Å². The largest absolute Gasteiger partial charge is 0.0654 e. The minimum atomic E-state index is 1.02. The first-order chi connectivity index (χ1) is 9.78. The lowest BCUT2D eigenvalue weighted by atomic mass is 9.82. The van der Waals surface area contributed by atoms with E-state index in [1.165, 1.54) is 89.9 Å². The number of hydrogen-bond donors (Lipinski definition) is 0. The Morgan fingerprint density at radius 2 is 0.900 bits per heavy atom. The summed E-state index contributed by atoms with van der Waals surface area (Å²) < 4.78 is 0. The fraction of sp³-hybridized carbons (Fsp3) is 1.00. The van der Waals surface area contributed by atoms with Gasteiger partial charge in [0.05, 0.1) is 0 Å². The fourth-order valence-electron chi connectivity index (χ4n) is 3.50. The maximum absolute atomic E-state index is 2.37. The predicted octanol–water partition coefficient (Wildman–Crippen LogP) is 7.76. The molecule has 0 radical (unpaired) electrons. The molecule has 0 bridgehead atoms. The molecule has 0 saturated carbocycles. The zero-order chi connectivity index (χ0) is 15.1. The highest BCUT2D eigenvalue weighted by Crippen LogP contribution is 2.29. The molecule has 2 atom stereocenters. The van der Waals surface area contributed by atoms with Gasteiger partial charge in [0.15, 0.2) is 0 Å². The zero-order valence-electron chi connectivity index (χ0n) is 15.1. The highest BCUT2D eigenvalue weighted by molar-refractivity contribution is 4.68. The lowest BCUT2D eigenvalue weighted by Crippen LogP contribution is -2.10. The van der Waals surface area contributed by atoms with Crippen molar-refractivity contribution in [3.63, 3.8) is 0 Å². The summed E-state index contributed by atoms with van der Waals surface area (Å²) in [5, 5.41) is 0. The first-order valence-electron chi connectivity index (χ1n) is 9.78. The van der Waals surface area contributed by atoms with Gasteiger partial charge >= 0.3 is 0 Å². The molecule has 122 valence electrons. The summed E-state index contributed by atoms with van der Waals surface area (Å²) in [7, 11) is 0. The average Bonchev–Trinajstić information content (AvgIpc) is 2.45. The van der Waals surface area contributed by atoms with Crippen molar-refractivity contribution in [3.8, 4) is 0 Å². The van der Waals surface area contributed by atoms with Crippen molar-refractivity contribution in [2.45, 2.75) is 118 Å². The van der Waals surface area contributed by atoms with Gasteiger partial charge in [0.1, 0.15) is 0 Å². The Bertz CT molecular complexity index is 173. The van der Waals surface area contributed by atoms with E-state index >= 15 is 0 Å². The average molecular weight is 283 g/mol. The lowest BCUT2D eigenvalue weighted by molar-refractivity contribution is 0.289. The summed E-state index contributed by atoms with van der Waals surface area (Å²) in [5.74, 6) is 2.05. The molecule has 20 heavy (non-hydrogen) atoms. The quantitative estimate of drug-likeness (QED) is 0.269. The van der Waals surface area contributed by atoms with Gasteiger partial charge in [0.2, 0.25) is 0 Å². The van der Waals surface area contributed by atoms with Crippen molar-refractivity contribution in [2.24, 2.45) is 11.8 Å². The number of hydrogen-bond acceptors (Lipinski definition) is 0. The van der Waals surface area contributed by atoms with E-state index in [0.717, 1.165) is 11.8 Å². The van der Waals surface area contributed by atoms with Crippen LogP contribution in [0.15, 0.2) is 0 Å². The molecule has 0 aliphatic carbocycles. The molecule has 0 spiro atoms. The van der Waals surface area contributed by atoms with E-state index in [4.69, 9.17) is 0 Å². The van der Waals surface area contributed by atoms with E-state index in [1.54, 1.807) is 0 Å². The number of unbranched alkanes of at least 4 members (excludes halogenated alkanes) is 5. The maximum atomic E-state index is 2.37. The van der Waals surface area contributed by atoms with Crippen LogP contribution < -0.4 is 0 Å². The van der Waals surface area contributed by atoms with E-state index in [2.05, 4.69) is 27.7 Å². The van der Waals surface area contributed by atoms with Gasteiger partial charge in [-0.2, -0.15) is 0 Å². The molecule has 0 aliphatic heterocycles. The van der Waals surface area contributed by atoms with Crippen LogP contribution >= 0.6 is 0 Å². The van der Waals surface area contributed by atoms with Gasteiger partial charge in [-0.15, -0.1) is 0 Å². The Kier molecular flexibility index (Phi) is 15.4. The van der Waals surface area contributed by atoms with Crippen molar-refractivity contribution >= 4 is 0 Å². The Labute approximate surface area is 130 Å². The molecule has 0 rings (SSSR count). The zero-order valence-corrected chi connectivity index (χ0v) is 15.1. The van der Waals surface area contributed by atoms with Gasteiger partial charge in [0, 0.05) is 0 Å². The minimum absolute atomic E-state index is 1.02. The topological polar surface area (TPSA) is 0 Å². The molecule has 0 aromatic heterocycles. The molecular formula is C20H42. The molecular weight excluding hydrogens is 240 g/mol. The van der Waals surface area contributed by atoms with E-state index in [9.17, 15) is 0 Å². The predicted molar refractivity (Wildman–Crippen MR) is 94.3 cm³/mol. The second kappa shape index (κ2) is 15.4. The van der Waals surface area contributed by atoms with Gasteiger partial charge in [-0.25, -0.2) is 0 Å². The molecule has 0 aromatic rings. The molecule has 2 unspecified atom stereocenters. The Hall–Kier alpha value is 0. The van der Waals surface area contributed by atoms with E-state index < -0.39 is 0 Å². The lowest BCUT2D eigenvalue weighted by Gasteiger charge is -2.23. The van der Waals surface area contributed by atoms with Crippen LogP contribution in [0.5, 0.6) is 0 Å². The molecule has 0 N–H and O–H groups in total. The second-order valence-corrected chi connectivity index (χ2v) is 6.89. The summed E-state index contributed by atoms with van der Waals surface area (Å²) >= 11 is 0. The fourth-order valence-corrected chi connectivity index (χ4v) is 3.50. The summed E-state index contributed by atoms with van der Waals surface area (Å²) in [6, 6.07) is 0. The third kappa shape index (κ3) is 11.8. The second-order valence-electron chi connectivity index (χ2n) is 6.89. The van der Waals surface area contributed by atoms with Gasteiger partial charge in [-0.1, -0.05) is 111 Å². The molecule has 0 aromatic carbocycles. The van der Waals surface area contributed by atoms with Crippen LogP contribution in [-0.4, -0.2) is 0 Å². The van der Waals surface area contributed by atoms with Gasteiger partial charge in [-0.3, -0.25) is 0 Å². The summed E-state index contributed by atoms with van der Waals surface area (Å²) in [6.07, 6.45) is 20.3. The van der Waals surface area contributed by atoms with Crippen LogP contribution in [0, 0.1) is 11.8 Å². The van der Waals surface area contributed by atoms with Crippen LogP contribution in [-0.2, 0) is 0 Å². The van der Waals surface area contributed by atoms with E-state index in [1.807, 2.05) is 0 Å². The summed E-state index contributed by atoms with van der Waals surface area (Å²) in [6.45, 7) is 9.36. The third-order valence-electron chi connectivity index (χ3n) is 4.76. The van der Waals surface area contributed by atoms with Crippen LogP contribution in [0.1, 0.15) is 118 Å². The van der Waals surface area contributed by atoms with Crippen molar-refractivity contribution < 1.29 is 0 Å². The summed E-state index contributed by atoms with van der Waals surface area (Å²) in [4.78, 5) is 0. The number of rotatable bonds is 15. The van der Waals surface area contributed by atoms with Crippen LogP contribution in [0.4, 0.5) is 0 Å². The SMILES string of the molecule is CCCCCC(CCC)CC(CCCC)CCCCC. The Morgan fingerprint density at radius 1 is 0.450 bits per heavy atom. The molecule has 0 heterocycles. The monoisotopic (exact) mass is 282 g/mol. The maximum Gasteiger partial charge on any atom is -0.0412 e. The molecule has 0 saturated heterocycles. The smallest absolute Gasteiger partial charge is 0.0412 e. The Morgan fingerprint density at radius 3 is 1.35 bits per heavy atom. The minimum Gasteiger partial charge on any atom is -0.0654 e. The first kappa shape index (κ1) is 20.0. The van der Waals surface area contributed by atoms with Crippen LogP contribution in [0.3, 0.4) is 0 Å². The van der Waals surface area contributed by atoms with Gasteiger partial charge < -0.3 is 0 Å².